The van der Waals surface area contributed by atoms with Crippen LogP contribution in [0.2, 0.25) is 5.02 Å². The van der Waals surface area contributed by atoms with E-state index in [4.69, 9.17) is 11.6 Å². The largest absolute Gasteiger partial charge is 0.481 e. The molecule has 1 aliphatic rings. The summed E-state index contributed by atoms with van der Waals surface area (Å²) in [7, 11) is 0. The Labute approximate surface area is 203 Å². The van der Waals surface area contributed by atoms with Crippen molar-refractivity contribution >= 4 is 74.1 Å². The standard InChI is InChI=1S/C23H22ClN3O4S2/c24-13-5-7-14(8-6-13)25-20(28)12-32-23-27-18-10-9-15(11-19(18)33-23)26-21(29)16-3-1-2-4-17(16)22(30)31/h5-11,16-17H,1-4,12H2,(H,25,28)(H,26,29)(H,30,31)/t16-,17-/m0/s1. The van der Waals surface area contributed by atoms with Gasteiger partial charge < -0.3 is 15.7 Å². The minimum absolute atomic E-state index is 0.144. The lowest BCUT2D eigenvalue weighted by atomic mass is 9.78. The van der Waals surface area contributed by atoms with E-state index in [1.165, 1.54) is 23.1 Å². The van der Waals surface area contributed by atoms with Gasteiger partial charge >= 0.3 is 5.97 Å². The summed E-state index contributed by atoms with van der Waals surface area (Å²) in [5, 5.41) is 15.7. The second kappa shape index (κ2) is 10.5. The average Bonchev–Trinajstić information content (AvgIpc) is 3.21. The molecule has 0 saturated heterocycles. The number of halogens is 1. The molecule has 2 atom stereocenters. The number of carboxylic acid groups (broad SMARTS) is 1. The number of carbonyl (C=O) groups is 3. The van der Waals surface area contributed by atoms with Gasteiger partial charge in [0, 0.05) is 16.4 Å². The number of rotatable bonds is 7. The zero-order chi connectivity index (χ0) is 23.4. The van der Waals surface area contributed by atoms with E-state index in [1.807, 2.05) is 12.1 Å². The highest BCUT2D eigenvalue weighted by Gasteiger charge is 2.35. The minimum atomic E-state index is -0.908. The summed E-state index contributed by atoms with van der Waals surface area (Å²) < 4.78 is 1.63. The lowest BCUT2D eigenvalue weighted by molar-refractivity contribution is -0.147. The van der Waals surface area contributed by atoms with E-state index >= 15 is 0 Å². The highest BCUT2D eigenvalue weighted by Crippen LogP contribution is 2.33. The van der Waals surface area contributed by atoms with Gasteiger partial charge in [0.25, 0.3) is 0 Å². The summed E-state index contributed by atoms with van der Waals surface area (Å²) in [5.74, 6) is -2.24. The third-order valence-corrected chi connectivity index (χ3v) is 7.92. The van der Waals surface area contributed by atoms with Gasteiger partial charge in [-0.25, -0.2) is 4.98 Å². The van der Waals surface area contributed by atoms with Gasteiger partial charge in [-0.1, -0.05) is 36.2 Å². The Hall–Kier alpha value is -2.62. The molecule has 1 saturated carbocycles. The number of hydrogen-bond donors (Lipinski definition) is 3. The number of hydrogen-bond acceptors (Lipinski definition) is 6. The maximum atomic E-state index is 12.7. The van der Waals surface area contributed by atoms with Crippen LogP contribution in [0.25, 0.3) is 10.2 Å². The number of benzene rings is 2. The van der Waals surface area contributed by atoms with Crippen molar-refractivity contribution in [2.24, 2.45) is 11.8 Å². The van der Waals surface area contributed by atoms with E-state index in [0.29, 0.717) is 29.2 Å². The molecule has 3 N–H and O–H groups in total. The predicted molar refractivity (Wildman–Crippen MR) is 132 cm³/mol. The summed E-state index contributed by atoms with van der Waals surface area (Å²) in [6.45, 7) is 0. The Balaban J connectivity index is 1.36. The predicted octanol–water partition coefficient (Wildman–Crippen LogP) is 5.51. The van der Waals surface area contributed by atoms with Crippen LogP contribution in [0, 0.1) is 11.8 Å². The molecule has 0 bridgehead atoms. The Bertz CT molecular complexity index is 1180. The molecular weight excluding hydrogens is 482 g/mol. The minimum Gasteiger partial charge on any atom is -0.481 e. The third kappa shape index (κ3) is 6.04. The van der Waals surface area contributed by atoms with Gasteiger partial charge in [-0.15, -0.1) is 11.3 Å². The van der Waals surface area contributed by atoms with E-state index in [0.717, 1.165) is 27.4 Å². The van der Waals surface area contributed by atoms with Gasteiger partial charge in [0.05, 0.1) is 27.8 Å². The molecule has 0 spiro atoms. The molecule has 2 aromatic carbocycles. The average molecular weight is 504 g/mol. The van der Waals surface area contributed by atoms with Gasteiger partial charge in [-0.05, 0) is 55.3 Å². The number of carboxylic acids is 1. The van der Waals surface area contributed by atoms with Crippen LogP contribution in [0.1, 0.15) is 25.7 Å². The fourth-order valence-electron chi connectivity index (χ4n) is 3.88. The molecule has 0 unspecified atom stereocenters. The Morgan fingerprint density at radius 1 is 1.03 bits per heavy atom. The maximum absolute atomic E-state index is 12.7. The molecule has 10 heteroatoms. The summed E-state index contributed by atoms with van der Waals surface area (Å²) in [5.41, 5.74) is 2.07. The van der Waals surface area contributed by atoms with Gasteiger partial charge in [-0.3, -0.25) is 14.4 Å². The molecule has 33 heavy (non-hydrogen) atoms. The van der Waals surface area contributed by atoms with Crippen molar-refractivity contribution in [3.05, 3.63) is 47.5 Å². The number of nitrogens with one attached hydrogen (secondary N) is 2. The van der Waals surface area contributed by atoms with Crippen LogP contribution in [0.3, 0.4) is 0 Å². The number of carbonyl (C=O) groups excluding carboxylic acids is 2. The SMILES string of the molecule is O=C(CSc1nc2ccc(NC(=O)[C@H]3CCCC[C@@H]3C(=O)O)cc2s1)Nc1ccc(Cl)cc1. The van der Waals surface area contributed by atoms with E-state index in [1.54, 1.807) is 30.3 Å². The fraction of sp³-hybridized carbons (Fsp3) is 0.304. The molecular formula is C23H22ClN3O4S2. The van der Waals surface area contributed by atoms with Gasteiger partial charge in [-0.2, -0.15) is 0 Å². The first-order valence-electron chi connectivity index (χ1n) is 10.5. The van der Waals surface area contributed by atoms with Crippen LogP contribution in [0.15, 0.2) is 46.8 Å². The normalized spacial score (nSPS) is 18.1. The van der Waals surface area contributed by atoms with Crippen LogP contribution in [0.4, 0.5) is 11.4 Å². The maximum Gasteiger partial charge on any atom is 0.307 e. The number of aliphatic carboxylic acids is 1. The van der Waals surface area contributed by atoms with E-state index < -0.39 is 17.8 Å². The van der Waals surface area contributed by atoms with Crippen molar-refractivity contribution in [3.8, 4) is 0 Å². The lowest BCUT2D eigenvalue weighted by Crippen LogP contribution is -2.36. The van der Waals surface area contributed by atoms with Crippen LogP contribution < -0.4 is 10.6 Å². The highest BCUT2D eigenvalue weighted by atomic mass is 35.5. The number of thioether (sulfide) groups is 1. The van der Waals surface area contributed by atoms with Crippen LogP contribution >= 0.6 is 34.7 Å². The van der Waals surface area contributed by atoms with Crippen molar-refractivity contribution in [2.45, 2.75) is 30.0 Å². The van der Waals surface area contributed by atoms with Crippen LogP contribution in [-0.4, -0.2) is 33.6 Å². The number of nitrogens with zero attached hydrogens (tertiary/aromatic N) is 1. The van der Waals surface area contributed by atoms with Crippen LogP contribution in [-0.2, 0) is 14.4 Å². The number of fused-ring (bicyclic) bond motifs is 1. The first-order chi connectivity index (χ1) is 15.9. The summed E-state index contributed by atoms with van der Waals surface area (Å²) in [6.07, 6.45) is 2.83. The zero-order valence-corrected chi connectivity index (χ0v) is 19.9. The van der Waals surface area contributed by atoms with Crippen molar-refractivity contribution in [3.63, 3.8) is 0 Å². The molecule has 0 radical (unpaired) electrons. The fourth-order valence-corrected chi connectivity index (χ4v) is 5.91. The highest BCUT2D eigenvalue weighted by molar-refractivity contribution is 8.01. The number of amides is 2. The van der Waals surface area contributed by atoms with Crippen molar-refractivity contribution in [1.82, 2.24) is 4.98 Å². The Kier molecular flexibility index (Phi) is 7.52. The van der Waals surface area contributed by atoms with Crippen LogP contribution in [0.5, 0.6) is 0 Å². The van der Waals surface area contributed by atoms with Crippen molar-refractivity contribution in [2.75, 3.05) is 16.4 Å². The number of thiazole rings is 1. The topological polar surface area (TPSA) is 108 Å². The molecule has 1 heterocycles. The van der Waals surface area contributed by atoms with Gasteiger partial charge in [0.1, 0.15) is 0 Å². The molecule has 1 fully saturated rings. The van der Waals surface area contributed by atoms with Gasteiger partial charge in [0.15, 0.2) is 4.34 Å². The lowest BCUT2D eigenvalue weighted by Gasteiger charge is -2.27. The molecule has 1 aromatic heterocycles. The van der Waals surface area contributed by atoms with Crippen molar-refractivity contribution in [1.29, 1.82) is 0 Å². The second-order valence-electron chi connectivity index (χ2n) is 7.83. The quantitative estimate of drug-likeness (QED) is 0.367. The summed E-state index contributed by atoms with van der Waals surface area (Å²) in [4.78, 5) is 41.0. The molecule has 0 aliphatic heterocycles. The molecule has 2 amide bonds. The molecule has 1 aliphatic carbocycles. The summed E-state index contributed by atoms with van der Waals surface area (Å²) in [6, 6.07) is 12.3. The summed E-state index contributed by atoms with van der Waals surface area (Å²) >= 11 is 8.63. The third-order valence-electron chi connectivity index (χ3n) is 5.51. The molecule has 3 aromatic rings. The molecule has 172 valence electrons. The molecule has 7 nitrogen and oxygen atoms in total. The first-order valence-corrected chi connectivity index (χ1v) is 12.7. The van der Waals surface area contributed by atoms with E-state index in [-0.39, 0.29) is 17.6 Å². The van der Waals surface area contributed by atoms with E-state index in [2.05, 4.69) is 15.6 Å². The van der Waals surface area contributed by atoms with E-state index in [9.17, 15) is 19.5 Å². The second-order valence-corrected chi connectivity index (χ2v) is 10.5. The number of anilines is 2. The smallest absolute Gasteiger partial charge is 0.307 e. The Morgan fingerprint density at radius 2 is 1.73 bits per heavy atom. The number of aromatic nitrogens is 1. The monoisotopic (exact) mass is 503 g/mol. The van der Waals surface area contributed by atoms with Crippen molar-refractivity contribution < 1.29 is 19.5 Å². The first kappa shape index (κ1) is 23.5. The molecule has 4 rings (SSSR count). The Morgan fingerprint density at radius 3 is 2.45 bits per heavy atom. The van der Waals surface area contributed by atoms with Gasteiger partial charge in [0.2, 0.25) is 11.8 Å². The zero-order valence-electron chi connectivity index (χ0n) is 17.5.